The highest BCUT2D eigenvalue weighted by molar-refractivity contribution is 6.01. The largest absolute Gasteiger partial charge is 0.486 e. The lowest BCUT2D eigenvalue weighted by atomic mass is 9.84. The van der Waals surface area contributed by atoms with Gasteiger partial charge in [-0.1, -0.05) is 18.6 Å². The number of fused-ring (bicyclic) bond motifs is 3. The summed E-state index contributed by atoms with van der Waals surface area (Å²) in [7, 11) is 0. The first kappa shape index (κ1) is 17.2. The molecular weight excluding hydrogens is 340 g/mol. The van der Waals surface area contributed by atoms with Crippen molar-refractivity contribution in [3.05, 3.63) is 29.3 Å². The summed E-state index contributed by atoms with van der Waals surface area (Å²) >= 11 is 0. The van der Waals surface area contributed by atoms with Crippen LogP contribution in [0.4, 0.5) is 0 Å². The summed E-state index contributed by atoms with van der Waals surface area (Å²) < 4.78 is 6.46. The van der Waals surface area contributed by atoms with Gasteiger partial charge in [0.1, 0.15) is 11.4 Å². The van der Waals surface area contributed by atoms with Crippen molar-refractivity contribution in [1.29, 1.82) is 0 Å². The van der Waals surface area contributed by atoms with Crippen molar-refractivity contribution in [2.75, 3.05) is 32.7 Å². The van der Waals surface area contributed by atoms with Crippen molar-refractivity contribution in [2.45, 2.75) is 38.7 Å². The Morgan fingerprint density at radius 3 is 2.78 bits per heavy atom. The SMILES string of the molecule is CCN1CCN(C(=O)[C@@H]2[C@@H]3CC[C@@]4(CC(=O)c5cc(C)ccc5O4)[C@@H]32)CC1. The molecular formula is C22H28N2O3. The van der Waals surface area contributed by atoms with Gasteiger partial charge in [-0.15, -0.1) is 0 Å². The van der Waals surface area contributed by atoms with Gasteiger partial charge in [-0.25, -0.2) is 0 Å². The molecule has 1 saturated heterocycles. The maximum Gasteiger partial charge on any atom is 0.226 e. The van der Waals surface area contributed by atoms with Crippen molar-refractivity contribution in [3.63, 3.8) is 0 Å². The molecule has 0 radical (unpaired) electrons. The van der Waals surface area contributed by atoms with Crippen LogP contribution in [0.5, 0.6) is 5.75 Å². The average molecular weight is 368 g/mol. The molecule has 1 aromatic rings. The number of nitrogens with zero attached hydrogens (tertiary/aromatic N) is 2. The zero-order chi connectivity index (χ0) is 18.8. The topological polar surface area (TPSA) is 49.9 Å². The number of piperazine rings is 1. The zero-order valence-corrected chi connectivity index (χ0v) is 16.2. The highest BCUT2D eigenvalue weighted by Crippen LogP contribution is 2.66. The van der Waals surface area contributed by atoms with E-state index in [1.807, 2.05) is 30.0 Å². The van der Waals surface area contributed by atoms with Gasteiger partial charge in [0, 0.05) is 38.0 Å². The molecule has 0 bridgehead atoms. The number of amides is 1. The predicted molar refractivity (Wildman–Crippen MR) is 102 cm³/mol. The number of aryl methyl sites for hydroxylation is 1. The number of hydrogen-bond acceptors (Lipinski definition) is 4. The van der Waals surface area contributed by atoms with Gasteiger partial charge < -0.3 is 14.5 Å². The zero-order valence-electron chi connectivity index (χ0n) is 16.2. The summed E-state index contributed by atoms with van der Waals surface area (Å²) in [5, 5.41) is 0. The summed E-state index contributed by atoms with van der Waals surface area (Å²) in [6.07, 6.45) is 2.33. The fourth-order valence-corrected chi connectivity index (χ4v) is 5.76. The minimum atomic E-state index is -0.449. The number of Topliss-reactive ketones (excluding diaryl/α,β-unsaturated/α-hetero) is 1. The number of likely N-dealkylation sites (N-methyl/N-ethyl adjacent to an activating group) is 1. The molecule has 2 aliphatic heterocycles. The molecule has 4 aliphatic rings. The highest BCUT2D eigenvalue weighted by Gasteiger charge is 2.71. The van der Waals surface area contributed by atoms with Crippen LogP contribution in [0.3, 0.4) is 0 Å². The molecule has 5 rings (SSSR count). The second-order valence-electron chi connectivity index (χ2n) is 8.78. The minimum absolute atomic E-state index is 0.0618. The van der Waals surface area contributed by atoms with E-state index in [4.69, 9.17) is 4.74 Å². The maximum atomic E-state index is 13.1. The van der Waals surface area contributed by atoms with Crippen LogP contribution in [0.2, 0.25) is 0 Å². The van der Waals surface area contributed by atoms with E-state index >= 15 is 0 Å². The van der Waals surface area contributed by atoms with Gasteiger partial charge in [-0.3, -0.25) is 9.59 Å². The van der Waals surface area contributed by atoms with Gasteiger partial charge in [-0.05, 0) is 44.4 Å². The Morgan fingerprint density at radius 2 is 2.04 bits per heavy atom. The van der Waals surface area contributed by atoms with Crippen LogP contribution in [0.1, 0.15) is 42.1 Å². The number of carbonyl (C=O) groups is 2. The summed E-state index contributed by atoms with van der Waals surface area (Å²) in [5.41, 5.74) is 1.34. The van der Waals surface area contributed by atoms with Gasteiger partial charge in [0.2, 0.25) is 5.91 Å². The minimum Gasteiger partial charge on any atom is -0.486 e. The lowest BCUT2D eigenvalue weighted by Crippen LogP contribution is -2.50. The quantitative estimate of drug-likeness (QED) is 0.805. The van der Waals surface area contributed by atoms with E-state index in [1.54, 1.807) is 0 Å². The van der Waals surface area contributed by atoms with Crippen molar-refractivity contribution in [1.82, 2.24) is 9.80 Å². The van der Waals surface area contributed by atoms with E-state index in [0.717, 1.165) is 51.1 Å². The predicted octanol–water partition coefficient (Wildman–Crippen LogP) is 2.52. The number of rotatable bonds is 2. The monoisotopic (exact) mass is 368 g/mol. The van der Waals surface area contributed by atoms with Crippen molar-refractivity contribution in [3.8, 4) is 5.75 Å². The van der Waals surface area contributed by atoms with Gasteiger partial charge in [-0.2, -0.15) is 0 Å². The van der Waals surface area contributed by atoms with Crippen LogP contribution in [0.15, 0.2) is 18.2 Å². The number of hydrogen-bond donors (Lipinski definition) is 0. The molecule has 4 atom stereocenters. The van der Waals surface area contributed by atoms with Gasteiger partial charge in [0.25, 0.3) is 0 Å². The van der Waals surface area contributed by atoms with Crippen LogP contribution in [-0.2, 0) is 4.79 Å². The van der Waals surface area contributed by atoms with Crippen molar-refractivity contribution in [2.24, 2.45) is 17.8 Å². The van der Waals surface area contributed by atoms with E-state index in [0.29, 0.717) is 29.6 Å². The van der Waals surface area contributed by atoms with E-state index in [-0.39, 0.29) is 17.6 Å². The molecule has 144 valence electrons. The average Bonchev–Trinajstić information content (AvgIpc) is 3.32. The van der Waals surface area contributed by atoms with Crippen molar-refractivity contribution >= 4 is 11.7 Å². The standard InChI is InChI=1S/C22H28N2O3/c1-3-23-8-10-24(11-9-23)21(26)19-15-6-7-22(20(15)19)13-17(25)16-12-14(2)4-5-18(16)27-22/h4-5,12,15,19-20H,3,6-11,13H2,1-2H3/t15-,19+,20-,22+/m0/s1. The van der Waals surface area contributed by atoms with E-state index in [9.17, 15) is 9.59 Å². The van der Waals surface area contributed by atoms with E-state index < -0.39 is 5.60 Å². The normalized spacial score (nSPS) is 35.0. The molecule has 27 heavy (non-hydrogen) atoms. The van der Waals surface area contributed by atoms with E-state index in [2.05, 4.69) is 11.8 Å². The summed E-state index contributed by atoms with van der Waals surface area (Å²) in [6, 6.07) is 5.86. The van der Waals surface area contributed by atoms with Crippen LogP contribution < -0.4 is 4.74 Å². The first-order chi connectivity index (χ1) is 13.0. The van der Waals surface area contributed by atoms with Crippen molar-refractivity contribution < 1.29 is 14.3 Å². The molecule has 1 spiro atoms. The highest BCUT2D eigenvalue weighted by atomic mass is 16.5. The Labute approximate surface area is 160 Å². The van der Waals surface area contributed by atoms with Gasteiger partial charge in [0.15, 0.2) is 5.78 Å². The van der Waals surface area contributed by atoms with Crippen LogP contribution in [0, 0.1) is 24.7 Å². The molecule has 1 amide bonds. The molecule has 3 fully saturated rings. The maximum absolute atomic E-state index is 13.1. The Kier molecular flexibility index (Phi) is 3.87. The lowest BCUT2D eigenvalue weighted by Gasteiger charge is -2.38. The van der Waals surface area contributed by atoms with Crippen LogP contribution >= 0.6 is 0 Å². The lowest BCUT2D eigenvalue weighted by molar-refractivity contribution is -0.136. The summed E-state index contributed by atoms with van der Waals surface area (Å²) in [5.74, 6) is 1.87. The first-order valence-corrected chi connectivity index (χ1v) is 10.4. The number of benzene rings is 1. The number of carbonyl (C=O) groups excluding carboxylic acids is 2. The molecule has 0 aromatic heterocycles. The van der Waals surface area contributed by atoms with Gasteiger partial charge >= 0.3 is 0 Å². The van der Waals surface area contributed by atoms with Crippen LogP contribution in [-0.4, -0.2) is 59.8 Å². The third kappa shape index (κ3) is 2.62. The fourth-order valence-electron chi connectivity index (χ4n) is 5.76. The molecule has 2 heterocycles. The second kappa shape index (κ2) is 6.06. The summed E-state index contributed by atoms with van der Waals surface area (Å²) in [6.45, 7) is 8.82. The second-order valence-corrected chi connectivity index (χ2v) is 8.78. The number of ketones is 1. The molecule has 5 nitrogen and oxygen atoms in total. The third-order valence-corrected chi connectivity index (χ3v) is 7.30. The molecule has 0 N–H and O–H groups in total. The smallest absolute Gasteiger partial charge is 0.226 e. The molecule has 5 heteroatoms. The molecule has 2 aliphatic carbocycles. The Bertz CT molecular complexity index is 799. The van der Waals surface area contributed by atoms with Gasteiger partial charge in [0.05, 0.1) is 12.0 Å². The Hall–Kier alpha value is -1.88. The Morgan fingerprint density at radius 1 is 1.26 bits per heavy atom. The van der Waals surface area contributed by atoms with Crippen LogP contribution in [0.25, 0.3) is 0 Å². The first-order valence-electron chi connectivity index (χ1n) is 10.4. The fraction of sp³-hybridized carbons (Fsp3) is 0.636. The summed E-state index contributed by atoms with van der Waals surface area (Å²) in [4.78, 5) is 30.4. The molecule has 2 saturated carbocycles. The molecule has 0 unspecified atom stereocenters. The Balaban J connectivity index is 1.33. The number of ether oxygens (including phenoxy) is 1. The van der Waals surface area contributed by atoms with E-state index in [1.165, 1.54) is 0 Å². The molecule has 1 aromatic carbocycles. The third-order valence-electron chi connectivity index (χ3n) is 7.30.